The molecule has 4 rings (SSSR count). The van der Waals surface area contributed by atoms with Crippen LogP contribution in [0.2, 0.25) is 0 Å². The molecule has 1 aliphatic heterocycles. The van der Waals surface area contributed by atoms with Crippen LogP contribution >= 0.6 is 0 Å². The molecule has 4 nitrogen and oxygen atoms in total. The zero-order valence-corrected chi connectivity index (χ0v) is 14.4. The summed E-state index contributed by atoms with van der Waals surface area (Å²) in [7, 11) is 0. The lowest BCUT2D eigenvalue weighted by Crippen LogP contribution is -2.35. The third kappa shape index (κ3) is 2.88. The number of amides is 2. The van der Waals surface area contributed by atoms with Gasteiger partial charge < -0.3 is 5.32 Å². The Labute approximate surface area is 147 Å². The number of carbonyl (C=O) groups is 2. The standard InChI is InChI=1S/C21H20N2O2/c1-12-8-13(2)10-14(9-12)20(24)22-15-6-7-17-16-4-3-5-18(16)21(25)23-19(17)11-15/h6-11,17H,3-5H2,1-2H3,(H,23,25). The number of allylic oxidation sites excluding steroid dienone is 3. The highest BCUT2D eigenvalue weighted by molar-refractivity contribution is 6.14. The van der Waals surface area contributed by atoms with Crippen LogP contribution in [-0.2, 0) is 4.79 Å². The van der Waals surface area contributed by atoms with Gasteiger partial charge in [0.05, 0.1) is 5.71 Å². The number of benzene rings is 1. The van der Waals surface area contributed by atoms with Gasteiger partial charge in [-0.2, -0.15) is 0 Å². The SMILES string of the molecule is Cc1cc(C)cc(C(=O)N=C2C=CC3C(=C2)NC(=O)C2=C3CCC2)c1. The summed E-state index contributed by atoms with van der Waals surface area (Å²) in [5.41, 5.74) is 6.26. The summed E-state index contributed by atoms with van der Waals surface area (Å²) in [6, 6.07) is 5.72. The molecular weight excluding hydrogens is 312 g/mol. The fraction of sp³-hybridized carbons (Fsp3) is 0.286. The second kappa shape index (κ2) is 5.96. The second-order valence-corrected chi connectivity index (χ2v) is 6.97. The van der Waals surface area contributed by atoms with Crippen molar-refractivity contribution in [2.75, 3.05) is 0 Å². The van der Waals surface area contributed by atoms with E-state index >= 15 is 0 Å². The van der Waals surface area contributed by atoms with Gasteiger partial charge >= 0.3 is 0 Å². The van der Waals surface area contributed by atoms with E-state index in [1.165, 1.54) is 5.57 Å². The molecule has 0 spiro atoms. The van der Waals surface area contributed by atoms with Gasteiger partial charge in [-0.3, -0.25) is 9.59 Å². The van der Waals surface area contributed by atoms with Crippen LogP contribution in [-0.4, -0.2) is 17.5 Å². The lowest BCUT2D eigenvalue weighted by Gasteiger charge is -2.28. The van der Waals surface area contributed by atoms with E-state index in [0.717, 1.165) is 41.7 Å². The highest BCUT2D eigenvalue weighted by Crippen LogP contribution is 2.39. The Balaban J connectivity index is 1.63. The third-order valence-corrected chi connectivity index (χ3v) is 4.97. The molecule has 1 unspecified atom stereocenters. The lowest BCUT2D eigenvalue weighted by atomic mass is 9.85. The first-order valence-corrected chi connectivity index (χ1v) is 8.65. The van der Waals surface area contributed by atoms with Gasteiger partial charge in [0.2, 0.25) is 0 Å². The Morgan fingerprint density at radius 2 is 1.92 bits per heavy atom. The highest BCUT2D eigenvalue weighted by Gasteiger charge is 2.34. The van der Waals surface area contributed by atoms with Crippen molar-refractivity contribution in [2.24, 2.45) is 10.9 Å². The van der Waals surface area contributed by atoms with Gasteiger partial charge in [0.25, 0.3) is 11.8 Å². The number of hydrogen-bond acceptors (Lipinski definition) is 2. The van der Waals surface area contributed by atoms with Crippen molar-refractivity contribution < 1.29 is 9.59 Å². The Morgan fingerprint density at radius 3 is 2.68 bits per heavy atom. The van der Waals surface area contributed by atoms with Gasteiger partial charge in [0.15, 0.2) is 0 Å². The zero-order chi connectivity index (χ0) is 17.6. The van der Waals surface area contributed by atoms with Crippen molar-refractivity contribution in [2.45, 2.75) is 33.1 Å². The van der Waals surface area contributed by atoms with Crippen LogP contribution in [0.1, 0.15) is 40.7 Å². The molecule has 1 heterocycles. The van der Waals surface area contributed by atoms with Crippen molar-refractivity contribution in [3.05, 3.63) is 70.0 Å². The van der Waals surface area contributed by atoms with Gasteiger partial charge in [-0.15, -0.1) is 0 Å². The normalized spacial score (nSPS) is 23.3. The quantitative estimate of drug-likeness (QED) is 0.855. The maximum atomic E-state index is 12.5. The third-order valence-electron chi connectivity index (χ3n) is 4.97. The Kier molecular flexibility index (Phi) is 3.75. The zero-order valence-electron chi connectivity index (χ0n) is 14.4. The molecule has 1 aromatic carbocycles. The van der Waals surface area contributed by atoms with Crippen LogP contribution in [0.25, 0.3) is 0 Å². The van der Waals surface area contributed by atoms with Crippen molar-refractivity contribution in [3.63, 3.8) is 0 Å². The van der Waals surface area contributed by atoms with Gasteiger partial charge in [-0.1, -0.05) is 23.3 Å². The van der Waals surface area contributed by atoms with Crippen LogP contribution in [0.3, 0.4) is 0 Å². The van der Waals surface area contributed by atoms with Crippen LogP contribution in [0.15, 0.2) is 58.3 Å². The monoisotopic (exact) mass is 332 g/mol. The molecule has 1 N–H and O–H groups in total. The number of nitrogens with one attached hydrogen (secondary N) is 1. The summed E-state index contributed by atoms with van der Waals surface area (Å²) in [6.45, 7) is 3.93. The number of aryl methyl sites for hydroxylation is 2. The number of rotatable bonds is 1. The number of hydrogen-bond donors (Lipinski definition) is 1. The predicted molar refractivity (Wildman–Crippen MR) is 97.4 cm³/mol. The van der Waals surface area contributed by atoms with Crippen molar-refractivity contribution in [1.29, 1.82) is 0 Å². The summed E-state index contributed by atoms with van der Waals surface area (Å²) >= 11 is 0. The topological polar surface area (TPSA) is 58.5 Å². The summed E-state index contributed by atoms with van der Waals surface area (Å²) in [5, 5.41) is 2.97. The molecule has 126 valence electrons. The van der Waals surface area contributed by atoms with E-state index in [1.807, 2.05) is 50.3 Å². The smallest absolute Gasteiger partial charge is 0.277 e. The van der Waals surface area contributed by atoms with E-state index < -0.39 is 0 Å². The lowest BCUT2D eigenvalue weighted by molar-refractivity contribution is -0.117. The maximum absolute atomic E-state index is 12.5. The minimum absolute atomic E-state index is 0.00489. The molecule has 2 amide bonds. The number of carbonyl (C=O) groups excluding carboxylic acids is 2. The van der Waals surface area contributed by atoms with Crippen LogP contribution in [0.5, 0.6) is 0 Å². The highest BCUT2D eigenvalue weighted by atomic mass is 16.2. The molecule has 4 heteroatoms. The maximum Gasteiger partial charge on any atom is 0.277 e. The summed E-state index contributed by atoms with van der Waals surface area (Å²) in [4.78, 5) is 28.9. The molecular formula is C21H20N2O2. The van der Waals surface area contributed by atoms with E-state index in [4.69, 9.17) is 0 Å². The second-order valence-electron chi connectivity index (χ2n) is 6.97. The molecule has 1 aromatic rings. The van der Waals surface area contributed by atoms with E-state index in [9.17, 15) is 9.59 Å². The fourth-order valence-corrected chi connectivity index (χ4v) is 3.94. The predicted octanol–water partition coefficient (Wildman–Crippen LogP) is 3.56. The molecule has 0 fully saturated rings. The average Bonchev–Trinajstić information content (AvgIpc) is 3.04. The van der Waals surface area contributed by atoms with Crippen LogP contribution in [0, 0.1) is 19.8 Å². The first-order chi connectivity index (χ1) is 12.0. The van der Waals surface area contributed by atoms with E-state index in [2.05, 4.69) is 10.3 Å². The summed E-state index contributed by atoms with van der Waals surface area (Å²) < 4.78 is 0. The van der Waals surface area contributed by atoms with Crippen molar-refractivity contribution in [3.8, 4) is 0 Å². The Hall–Kier alpha value is -2.75. The van der Waals surface area contributed by atoms with Gasteiger partial charge in [0, 0.05) is 22.8 Å². The average molecular weight is 332 g/mol. The molecule has 1 atom stereocenters. The van der Waals surface area contributed by atoms with Crippen LogP contribution < -0.4 is 5.32 Å². The number of fused-ring (bicyclic) bond motifs is 2. The minimum Gasteiger partial charge on any atom is -0.325 e. The van der Waals surface area contributed by atoms with E-state index in [1.54, 1.807) is 0 Å². The van der Waals surface area contributed by atoms with E-state index in [0.29, 0.717) is 11.3 Å². The van der Waals surface area contributed by atoms with Gasteiger partial charge in [-0.05, 0) is 63.0 Å². The molecule has 0 aromatic heterocycles. The number of nitrogens with zero attached hydrogens (tertiary/aromatic N) is 1. The molecule has 0 saturated carbocycles. The molecule has 0 radical (unpaired) electrons. The van der Waals surface area contributed by atoms with Crippen molar-refractivity contribution in [1.82, 2.24) is 5.32 Å². The molecule has 25 heavy (non-hydrogen) atoms. The Morgan fingerprint density at radius 1 is 1.16 bits per heavy atom. The minimum atomic E-state index is -0.260. The van der Waals surface area contributed by atoms with Crippen molar-refractivity contribution >= 4 is 17.5 Å². The summed E-state index contributed by atoms with van der Waals surface area (Å²) in [5.74, 6) is -0.125. The molecule has 0 saturated heterocycles. The molecule has 0 bridgehead atoms. The van der Waals surface area contributed by atoms with Crippen LogP contribution in [0.4, 0.5) is 0 Å². The summed E-state index contributed by atoms with van der Waals surface area (Å²) in [6.07, 6.45) is 8.64. The van der Waals surface area contributed by atoms with E-state index in [-0.39, 0.29) is 17.7 Å². The molecule has 3 aliphatic rings. The fourth-order valence-electron chi connectivity index (χ4n) is 3.94. The first-order valence-electron chi connectivity index (χ1n) is 8.65. The number of aliphatic imine (C=N–C) groups is 1. The largest absolute Gasteiger partial charge is 0.325 e. The van der Waals surface area contributed by atoms with Gasteiger partial charge in [0.1, 0.15) is 0 Å². The molecule has 2 aliphatic carbocycles. The Bertz CT molecular complexity index is 896. The first kappa shape index (κ1) is 15.8. The van der Waals surface area contributed by atoms with Gasteiger partial charge in [-0.25, -0.2) is 4.99 Å².